The third kappa shape index (κ3) is 2.14. The summed E-state index contributed by atoms with van der Waals surface area (Å²) < 4.78 is -0.774. The van der Waals surface area contributed by atoms with Gasteiger partial charge in [0.05, 0.1) is 0 Å². The summed E-state index contributed by atoms with van der Waals surface area (Å²) in [5.74, 6) is -1.36. The molecule has 0 saturated carbocycles. The predicted octanol–water partition coefficient (Wildman–Crippen LogP) is -0.856. The number of carbonyl (C=O) groups excluding carboxylic acids is 1. The zero-order chi connectivity index (χ0) is 5.15. The molecule has 0 aromatic carbocycles. The second-order valence-electron chi connectivity index (χ2n) is 0.610. The van der Waals surface area contributed by atoms with Crippen LogP contribution in [-0.2, 0) is 30.7 Å². The Kier molecular flexibility index (Phi) is 2.08. The van der Waals surface area contributed by atoms with Gasteiger partial charge in [0.1, 0.15) is 0 Å². The molecule has 0 aliphatic rings. The van der Waals surface area contributed by atoms with Crippen molar-refractivity contribution in [2.75, 3.05) is 0 Å². The van der Waals surface area contributed by atoms with Crippen molar-refractivity contribution in [3.05, 3.63) is 0 Å². The fourth-order valence-corrected chi connectivity index (χ4v) is 0. The molecule has 0 aliphatic carbocycles. The summed E-state index contributed by atoms with van der Waals surface area (Å²) in [5, 5.41) is 7.65. The monoisotopic (exact) mass is 166 g/mol. The molecule has 3 nitrogen and oxygen atoms in total. The molecule has 0 unspecified atom stereocenters. The molecule has 0 aromatic rings. The van der Waals surface area contributed by atoms with E-state index in [2.05, 4.69) is 0 Å². The fraction of sp³-hybridized carbons (Fsp3) is 0. The zero-order valence-corrected chi connectivity index (χ0v) is 4.91. The van der Waals surface area contributed by atoms with Crippen LogP contribution in [0.2, 0.25) is 0 Å². The van der Waals surface area contributed by atoms with Gasteiger partial charge in [0, 0.05) is 0 Å². The van der Waals surface area contributed by atoms with E-state index in [1.54, 1.807) is 0 Å². The molecule has 0 amide bonds. The van der Waals surface area contributed by atoms with Gasteiger partial charge in [-0.15, -0.1) is 0 Å². The first kappa shape index (κ1) is 5.88. The minimum absolute atomic E-state index is 0.683. The molecule has 0 saturated heterocycles. The number of rotatable bonds is 1. The van der Waals surface area contributed by atoms with Crippen LogP contribution in [0, 0.1) is 0 Å². The molecule has 0 aromatic heterocycles. The van der Waals surface area contributed by atoms with E-state index in [9.17, 15) is 9.59 Å². The van der Waals surface area contributed by atoms with Crippen molar-refractivity contribution >= 4 is 9.97 Å². The van der Waals surface area contributed by atoms with E-state index >= 15 is 0 Å². The topological polar surface area (TPSA) is 54.4 Å². The minimum atomic E-state index is -1.36. The van der Waals surface area contributed by atoms with Crippen LogP contribution in [0.25, 0.3) is 0 Å². The molecule has 0 radical (unpaired) electrons. The average molecular weight is 166 g/mol. The second-order valence-corrected chi connectivity index (χ2v) is 1.61. The van der Waals surface area contributed by atoms with E-state index in [0.717, 1.165) is 0 Å². The van der Waals surface area contributed by atoms with Gasteiger partial charge in [-0.2, -0.15) is 0 Å². The maximum absolute atomic E-state index is 9.57. The molecule has 6 heavy (non-hydrogen) atoms. The van der Waals surface area contributed by atoms with Crippen LogP contribution in [-0.4, -0.2) is 15.1 Å². The van der Waals surface area contributed by atoms with Crippen molar-refractivity contribution < 1.29 is 35.8 Å². The van der Waals surface area contributed by atoms with E-state index in [4.69, 9.17) is 5.11 Å². The molecule has 4 heteroatoms. The Morgan fingerprint density at radius 2 is 1.67 bits per heavy atom. The van der Waals surface area contributed by atoms with Gasteiger partial charge < -0.3 is 0 Å². The normalized spacial score (nSPS) is 7.33. The first-order valence-electron chi connectivity index (χ1n) is 1.11. The number of carbonyl (C=O) groups is 2. The van der Waals surface area contributed by atoms with Crippen molar-refractivity contribution in [2.45, 2.75) is 0 Å². The molecule has 0 aliphatic heterocycles. The van der Waals surface area contributed by atoms with Gasteiger partial charge in [0.2, 0.25) is 0 Å². The van der Waals surface area contributed by atoms with Crippen LogP contribution in [0.3, 0.4) is 0 Å². The van der Waals surface area contributed by atoms with Crippen LogP contribution in [0.5, 0.6) is 0 Å². The first-order chi connectivity index (χ1) is 2.64. The molecule has 0 spiro atoms. The van der Waals surface area contributed by atoms with Gasteiger partial charge in [-0.1, -0.05) is 0 Å². The summed E-state index contributed by atoms with van der Waals surface area (Å²) in [6.45, 7) is 0. The third-order valence-electron chi connectivity index (χ3n) is 0.183. The number of aliphatic carboxylic acids is 1. The van der Waals surface area contributed by atoms with Gasteiger partial charge in [-0.3, -0.25) is 0 Å². The SMILES string of the molecule is O=C(O)[C](=O)[Nb]. The van der Waals surface area contributed by atoms with Crippen LogP contribution in [0.4, 0.5) is 0 Å². The molecule has 0 fully saturated rings. The number of hydrogen-bond donors (Lipinski definition) is 1. The van der Waals surface area contributed by atoms with Crippen LogP contribution in [0.15, 0.2) is 0 Å². The third-order valence-corrected chi connectivity index (χ3v) is 0.653. The summed E-state index contributed by atoms with van der Waals surface area (Å²) in [6, 6.07) is 0. The standard InChI is InChI=1S/C2HO3.Nb/c3-1-2(4)5;/h(H,4,5);. The number of hydrogen-bond acceptors (Lipinski definition) is 2. The summed E-state index contributed by atoms with van der Waals surface area (Å²) >= 11 is 0.683. The van der Waals surface area contributed by atoms with E-state index < -0.39 is 9.97 Å². The Labute approximate surface area is 46.3 Å². The van der Waals surface area contributed by atoms with Gasteiger partial charge in [0.25, 0.3) is 0 Å². The van der Waals surface area contributed by atoms with Gasteiger partial charge in [-0.05, 0) is 0 Å². The van der Waals surface area contributed by atoms with Crippen molar-refractivity contribution in [3.63, 3.8) is 0 Å². The molecule has 1 N–H and O–H groups in total. The Morgan fingerprint density at radius 1 is 1.50 bits per heavy atom. The van der Waals surface area contributed by atoms with E-state index in [1.165, 1.54) is 0 Å². The maximum atomic E-state index is 9.57. The first-order valence-corrected chi connectivity index (χ1v) is 2.20. The Bertz CT molecular complexity index is 74.8. The fourth-order valence-electron chi connectivity index (χ4n) is 0. The van der Waals surface area contributed by atoms with Crippen molar-refractivity contribution in [3.8, 4) is 0 Å². The van der Waals surface area contributed by atoms with Crippen molar-refractivity contribution in [2.24, 2.45) is 0 Å². The van der Waals surface area contributed by atoms with Crippen LogP contribution >= 0.6 is 0 Å². The molecule has 0 bridgehead atoms. The van der Waals surface area contributed by atoms with E-state index in [1.807, 2.05) is 0 Å². The van der Waals surface area contributed by atoms with Crippen LogP contribution < -0.4 is 0 Å². The Balaban J connectivity index is 3.57. The van der Waals surface area contributed by atoms with Crippen LogP contribution in [0.1, 0.15) is 0 Å². The van der Waals surface area contributed by atoms with Crippen molar-refractivity contribution in [1.29, 1.82) is 0 Å². The van der Waals surface area contributed by atoms with Gasteiger partial charge in [0.15, 0.2) is 0 Å². The van der Waals surface area contributed by atoms with Crippen molar-refractivity contribution in [1.82, 2.24) is 0 Å². The average Bonchev–Trinajstić information content (AvgIpc) is 1.36. The number of carboxylic acid groups (broad SMARTS) is 1. The Morgan fingerprint density at radius 3 is 1.67 bits per heavy atom. The predicted molar refractivity (Wildman–Crippen MR) is 12.6 cm³/mol. The molecular formula is C2HNbO3. The Hall–Kier alpha value is -0.120. The molecule has 32 valence electrons. The van der Waals surface area contributed by atoms with Gasteiger partial charge >= 0.3 is 45.7 Å². The van der Waals surface area contributed by atoms with Gasteiger partial charge in [-0.25, -0.2) is 0 Å². The molecule has 0 heterocycles. The summed E-state index contributed by atoms with van der Waals surface area (Å²) in [6.07, 6.45) is 0. The molecular weight excluding hydrogens is 165 g/mol. The number of carboxylic acids is 1. The summed E-state index contributed by atoms with van der Waals surface area (Å²) in [7, 11) is 0. The zero-order valence-electron chi connectivity index (χ0n) is 2.71. The molecule has 0 rings (SSSR count). The molecule has 0 atom stereocenters. The van der Waals surface area contributed by atoms with E-state index in [0.29, 0.717) is 21.1 Å². The quantitative estimate of drug-likeness (QED) is 0.407. The second kappa shape index (κ2) is 2.13. The van der Waals surface area contributed by atoms with E-state index in [-0.39, 0.29) is 0 Å². The summed E-state index contributed by atoms with van der Waals surface area (Å²) in [4.78, 5) is 18.9. The summed E-state index contributed by atoms with van der Waals surface area (Å²) in [5.41, 5.74) is 0.